The van der Waals surface area contributed by atoms with Crippen LogP contribution in [0.3, 0.4) is 0 Å². The second kappa shape index (κ2) is 12.7. The highest BCUT2D eigenvalue weighted by Crippen LogP contribution is 2.40. The standard InChI is InChI=1S/C26H34Cl3NO4/c1-18(14-27)16-34-25-23(28)12-20(13-24(25)29)26(2,3)19-4-6-22(7-5-19)33-17-21(31)15-30-8-10-32-11-9-30/h4-7,12-13,18,21,31H,8-11,14-17H2,1-3H3/t18-,21+/m1/s1. The van der Waals surface area contributed by atoms with Gasteiger partial charge in [-0.3, -0.25) is 4.90 Å². The summed E-state index contributed by atoms with van der Waals surface area (Å²) in [7, 11) is 0. The Morgan fingerprint density at radius 2 is 1.62 bits per heavy atom. The molecule has 0 spiro atoms. The van der Waals surface area contributed by atoms with Gasteiger partial charge >= 0.3 is 0 Å². The molecule has 0 saturated carbocycles. The molecule has 0 amide bonds. The number of rotatable bonds is 11. The number of alkyl halides is 1. The lowest BCUT2D eigenvalue weighted by atomic mass is 9.78. The molecule has 0 unspecified atom stereocenters. The molecule has 2 aromatic carbocycles. The van der Waals surface area contributed by atoms with Crippen LogP contribution in [0.4, 0.5) is 0 Å². The molecular weight excluding hydrogens is 497 g/mol. The van der Waals surface area contributed by atoms with Gasteiger partial charge in [-0.05, 0) is 35.4 Å². The van der Waals surface area contributed by atoms with Crippen molar-refractivity contribution in [3.05, 3.63) is 57.6 Å². The lowest BCUT2D eigenvalue weighted by molar-refractivity contribution is 0.00465. The van der Waals surface area contributed by atoms with E-state index in [1.807, 2.05) is 43.3 Å². The summed E-state index contributed by atoms with van der Waals surface area (Å²) in [6.07, 6.45) is -0.549. The Bertz CT molecular complexity index is 894. The third-order valence-corrected chi connectivity index (χ3v) is 7.17. The quantitative estimate of drug-likeness (QED) is 0.381. The molecule has 34 heavy (non-hydrogen) atoms. The van der Waals surface area contributed by atoms with E-state index < -0.39 is 6.10 Å². The summed E-state index contributed by atoms with van der Waals surface area (Å²) in [6.45, 7) is 10.6. The maximum atomic E-state index is 10.3. The van der Waals surface area contributed by atoms with Gasteiger partial charge < -0.3 is 19.3 Å². The molecule has 1 heterocycles. The summed E-state index contributed by atoms with van der Waals surface area (Å²) in [5.74, 6) is 1.91. The third-order valence-electron chi connectivity index (χ3n) is 6.09. The number of aliphatic hydroxyl groups is 1. The van der Waals surface area contributed by atoms with Gasteiger partial charge in [0.25, 0.3) is 0 Å². The van der Waals surface area contributed by atoms with Crippen LogP contribution in [-0.4, -0.2) is 68.1 Å². The van der Waals surface area contributed by atoms with Crippen molar-refractivity contribution in [2.75, 3.05) is 51.9 Å². The average molecular weight is 531 g/mol. The minimum atomic E-state index is -0.549. The van der Waals surface area contributed by atoms with Crippen molar-refractivity contribution < 1.29 is 19.3 Å². The molecular formula is C26H34Cl3NO4. The largest absolute Gasteiger partial charge is 0.491 e. The fourth-order valence-corrected chi connectivity index (χ4v) is 4.48. The van der Waals surface area contributed by atoms with Crippen LogP contribution in [0.25, 0.3) is 0 Å². The van der Waals surface area contributed by atoms with Crippen molar-refractivity contribution in [2.24, 2.45) is 5.92 Å². The van der Waals surface area contributed by atoms with E-state index in [2.05, 4.69) is 18.7 Å². The summed E-state index contributed by atoms with van der Waals surface area (Å²) in [5.41, 5.74) is 1.73. The Kier molecular flexibility index (Phi) is 10.2. The molecule has 8 heteroatoms. The van der Waals surface area contributed by atoms with Gasteiger partial charge in [-0.2, -0.15) is 0 Å². The molecule has 0 aromatic heterocycles. The zero-order valence-corrected chi connectivity index (χ0v) is 22.3. The van der Waals surface area contributed by atoms with Crippen LogP contribution in [0.1, 0.15) is 31.9 Å². The average Bonchev–Trinajstić information content (AvgIpc) is 2.82. The van der Waals surface area contributed by atoms with E-state index >= 15 is 0 Å². The summed E-state index contributed by atoms with van der Waals surface area (Å²) in [4.78, 5) is 2.19. The summed E-state index contributed by atoms with van der Waals surface area (Å²) < 4.78 is 17.0. The van der Waals surface area contributed by atoms with Crippen molar-refractivity contribution in [3.63, 3.8) is 0 Å². The zero-order valence-electron chi connectivity index (χ0n) is 20.0. The number of nitrogens with zero attached hydrogens (tertiary/aromatic N) is 1. The van der Waals surface area contributed by atoms with Gasteiger partial charge in [0, 0.05) is 36.8 Å². The summed E-state index contributed by atoms with van der Waals surface area (Å²) in [5, 5.41) is 11.3. The molecule has 1 fully saturated rings. The number of β-amino-alcohol motifs (C(OH)–C–C–N with tert-alkyl or cyclic N) is 1. The van der Waals surface area contributed by atoms with E-state index in [0.29, 0.717) is 53.8 Å². The fourth-order valence-electron chi connectivity index (χ4n) is 3.79. The van der Waals surface area contributed by atoms with Crippen LogP contribution in [0.15, 0.2) is 36.4 Å². The Morgan fingerprint density at radius 3 is 2.21 bits per heavy atom. The van der Waals surface area contributed by atoms with E-state index in [4.69, 9.17) is 49.0 Å². The van der Waals surface area contributed by atoms with Gasteiger partial charge in [0.2, 0.25) is 0 Å². The molecule has 1 saturated heterocycles. The first-order chi connectivity index (χ1) is 16.2. The lowest BCUT2D eigenvalue weighted by Gasteiger charge is -2.28. The highest BCUT2D eigenvalue weighted by Gasteiger charge is 2.26. The highest BCUT2D eigenvalue weighted by molar-refractivity contribution is 6.37. The molecule has 5 nitrogen and oxygen atoms in total. The normalized spacial score (nSPS) is 16.8. The summed E-state index contributed by atoms with van der Waals surface area (Å²) >= 11 is 18.9. The van der Waals surface area contributed by atoms with Gasteiger partial charge in [-0.1, -0.05) is 56.1 Å². The minimum Gasteiger partial charge on any atom is -0.491 e. The SMILES string of the molecule is C[C@H](CCl)COc1c(Cl)cc(C(C)(C)c2ccc(OC[C@@H](O)CN3CCOCC3)cc2)cc1Cl. The highest BCUT2D eigenvalue weighted by atomic mass is 35.5. The smallest absolute Gasteiger partial charge is 0.156 e. The van der Waals surface area contributed by atoms with Crippen LogP contribution in [0.2, 0.25) is 10.0 Å². The van der Waals surface area contributed by atoms with Gasteiger partial charge in [0.05, 0.1) is 29.9 Å². The topological polar surface area (TPSA) is 51.2 Å². The van der Waals surface area contributed by atoms with Crippen LogP contribution in [-0.2, 0) is 10.2 Å². The molecule has 2 atom stereocenters. The van der Waals surface area contributed by atoms with Gasteiger partial charge in [-0.25, -0.2) is 0 Å². The van der Waals surface area contributed by atoms with E-state index in [9.17, 15) is 5.11 Å². The number of morpholine rings is 1. The first-order valence-electron chi connectivity index (χ1n) is 11.6. The maximum absolute atomic E-state index is 10.3. The van der Waals surface area contributed by atoms with Gasteiger partial charge in [0.1, 0.15) is 18.5 Å². The molecule has 1 aliphatic rings. The molecule has 2 aromatic rings. The number of aliphatic hydroxyl groups excluding tert-OH is 1. The molecule has 3 rings (SSSR count). The van der Waals surface area contributed by atoms with Crippen LogP contribution < -0.4 is 9.47 Å². The van der Waals surface area contributed by atoms with Crippen molar-refractivity contribution >= 4 is 34.8 Å². The molecule has 0 bridgehead atoms. The Labute approximate surface area is 217 Å². The van der Waals surface area contributed by atoms with Gasteiger partial charge in [-0.15, -0.1) is 11.6 Å². The van der Waals surface area contributed by atoms with Crippen LogP contribution >= 0.6 is 34.8 Å². The van der Waals surface area contributed by atoms with Crippen molar-refractivity contribution in [1.82, 2.24) is 4.90 Å². The Morgan fingerprint density at radius 1 is 1.00 bits per heavy atom. The van der Waals surface area contributed by atoms with Crippen LogP contribution in [0.5, 0.6) is 11.5 Å². The second-order valence-corrected chi connectivity index (χ2v) is 10.5. The van der Waals surface area contributed by atoms with E-state index in [-0.39, 0.29) is 17.9 Å². The predicted octanol–water partition coefficient (Wildman–Crippen LogP) is 5.64. The first-order valence-corrected chi connectivity index (χ1v) is 12.9. The lowest BCUT2D eigenvalue weighted by Crippen LogP contribution is -2.42. The second-order valence-electron chi connectivity index (χ2n) is 9.37. The van der Waals surface area contributed by atoms with Gasteiger partial charge in [0.15, 0.2) is 5.75 Å². The van der Waals surface area contributed by atoms with E-state index in [0.717, 1.165) is 24.2 Å². The Balaban J connectivity index is 1.62. The van der Waals surface area contributed by atoms with Crippen molar-refractivity contribution in [3.8, 4) is 11.5 Å². The minimum absolute atomic E-state index is 0.200. The van der Waals surface area contributed by atoms with Crippen molar-refractivity contribution in [1.29, 1.82) is 0 Å². The van der Waals surface area contributed by atoms with E-state index in [1.165, 1.54) is 0 Å². The number of hydrogen-bond donors (Lipinski definition) is 1. The third kappa shape index (κ3) is 7.39. The van der Waals surface area contributed by atoms with E-state index in [1.54, 1.807) is 0 Å². The molecule has 188 valence electrons. The number of benzene rings is 2. The van der Waals surface area contributed by atoms with Crippen LogP contribution in [0, 0.1) is 5.92 Å². The number of ether oxygens (including phenoxy) is 3. The maximum Gasteiger partial charge on any atom is 0.156 e. The fraction of sp³-hybridized carbons (Fsp3) is 0.538. The molecule has 0 radical (unpaired) electrons. The summed E-state index contributed by atoms with van der Waals surface area (Å²) in [6, 6.07) is 11.7. The molecule has 1 N–H and O–H groups in total. The monoisotopic (exact) mass is 529 g/mol. The Hall–Kier alpha value is -1.21. The predicted molar refractivity (Wildman–Crippen MR) is 139 cm³/mol. The molecule has 1 aliphatic heterocycles. The number of hydrogen-bond acceptors (Lipinski definition) is 5. The first kappa shape index (κ1) is 27.4. The van der Waals surface area contributed by atoms with Crippen molar-refractivity contribution in [2.45, 2.75) is 32.3 Å². The zero-order chi connectivity index (χ0) is 24.7. The molecule has 0 aliphatic carbocycles. The number of halogens is 3.